The van der Waals surface area contributed by atoms with E-state index in [2.05, 4.69) is 28.2 Å². The Balaban J connectivity index is 1.86. The predicted molar refractivity (Wildman–Crippen MR) is 81.8 cm³/mol. The molecule has 1 atom stereocenters. The third kappa shape index (κ3) is 4.85. The lowest BCUT2D eigenvalue weighted by atomic mass is 10.0. The van der Waals surface area contributed by atoms with Gasteiger partial charge in [-0.1, -0.05) is 12.5 Å². The van der Waals surface area contributed by atoms with Gasteiger partial charge in [-0.3, -0.25) is 9.88 Å². The van der Waals surface area contributed by atoms with E-state index in [0.717, 1.165) is 26.2 Å². The topological polar surface area (TPSA) is 37.4 Å². The van der Waals surface area contributed by atoms with Crippen molar-refractivity contribution in [1.82, 2.24) is 15.2 Å². The first kappa shape index (κ1) is 15.4. The summed E-state index contributed by atoms with van der Waals surface area (Å²) in [6.45, 7) is 7.11. The largest absolute Gasteiger partial charge is 0.383 e. The molecule has 112 valence electrons. The Labute approximate surface area is 122 Å². The molecule has 2 rings (SSSR count). The summed E-state index contributed by atoms with van der Waals surface area (Å²) < 4.78 is 5.08. The molecule has 20 heavy (non-hydrogen) atoms. The first-order chi connectivity index (χ1) is 9.79. The van der Waals surface area contributed by atoms with Crippen molar-refractivity contribution in [2.75, 3.05) is 33.4 Å². The molecule has 1 aliphatic heterocycles. The van der Waals surface area contributed by atoms with Crippen molar-refractivity contribution in [2.24, 2.45) is 0 Å². The number of hydrogen-bond acceptors (Lipinski definition) is 4. The second-order valence-electron chi connectivity index (χ2n) is 5.69. The Morgan fingerprint density at radius 1 is 1.40 bits per heavy atom. The minimum absolute atomic E-state index is 0.640. The minimum atomic E-state index is 0.640. The SMILES string of the molecule is COCCNCC1CCCCN1Cc1cncc(C)c1. The summed E-state index contributed by atoms with van der Waals surface area (Å²) in [5.41, 5.74) is 2.57. The van der Waals surface area contributed by atoms with Gasteiger partial charge in [-0.25, -0.2) is 0 Å². The van der Waals surface area contributed by atoms with Gasteiger partial charge in [-0.05, 0) is 37.4 Å². The maximum absolute atomic E-state index is 5.08. The number of aromatic nitrogens is 1. The molecule has 4 heteroatoms. The Kier molecular flexibility index (Phi) is 6.43. The van der Waals surface area contributed by atoms with Gasteiger partial charge in [0, 0.05) is 45.2 Å². The minimum Gasteiger partial charge on any atom is -0.383 e. The summed E-state index contributed by atoms with van der Waals surface area (Å²) in [6.07, 6.45) is 7.87. The van der Waals surface area contributed by atoms with Gasteiger partial charge >= 0.3 is 0 Å². The molecule has 0 bridgehead atoms. The van der Waals surface area contributed by atoms with E-state index in [-0.39, 0.29) is 0 Å². The lowest BCUT2D eigenvalue weighted by Crippen LogP contribution is -2.45. The van der Waals surface area contributed by atoms with Crippen molar-refractivity contribution in [2.45, 2.75) is 38.8 Å². The number of likely N-dealkylation sites (tertiary alicyclic amines) is 1. The molecule has 2 heterocycles. The van der Waals surface area contributed by atoms with Gasteiger partial charge in [0.05, 0.1) is 6.61 Å². The normalized spacial score (nSPS) is 20.2. The lowest BCUT2D eigenvalue weighted by molar-refractivity contribution is 0.133. The highest BCUT2D eigenvalue weighted by Crippen LogP contribution is 2.19. The maximum Gasteiger partial charge on any atom is 0.0587 e. The van der Waals surface area contributed by atoms with Crippen LogP contribution in [0.25, 0.3) is 0 Å². The molecule has 1 N–H and O–H groups in total. The molecule has 1 aromatic rings. The Hall–Kier alpha value is -0.970. The number of ether oxygens (including phenoxy) is 1. The van der Waals surface area contributed by atoms with Crippen LogP contribution in [0.1, 0.15) is 30.4 Å². The average molecular weight is 277 g/mol. The number of nitrogens with zero attached hydrogens (tertiary/aromatic N) is 2. The summed E-state index contributed by atoms with van der Waals surface area (Å²) in [5.74, 6) is 0. The zero-order chi connectivity index (χ0) is 14.2. The van der Waals surface area contributed by atoms with E-state index in [1.807, 2.05) is 12.4 Å². The van der Waals surface area contributed by atoms with E-state index in [1.165, 1.54) is 36.9 Å². The fourth-order valence-electron chi connectivity index (χ4n) is 2.88. The van der Waals surface area contributed by atoms with Gasteiger partial charge in [-0.2, -0.15) is 0 Å². The van der Waals surface area contributed by atoms with Gasteiger partial charge < -0.3 is 10.1 Å². The van der Waals surface area contributed by atoms with Crippen molar-refractivity contribution in [3.05, 3.63) is 29.6 Å². The van der Waals surface area contributed by atoms with E-state index in [0.29, 0.717) is 6.04 Å². The summed E-state index contributed by atoms with van der Waals surface area (Å²) in [6, 6.07) is 2.89. The van der Waals surface area contributed by atoms with Gasteiger partial charge in [0.15, 0.2) is 0 Å². The Morgan fingerprint density at radius 3 is 3.10 bits per heavy atom. The van der Waals surface area contributed by atoms with E-state index in [9.17, 15) is 0 Å². The van der Waals surface area contributed by atoms with E-state index in [1.54, 1.807) is 7.11 Å². The van der Waals surface area contributed by atoms with Crippen LogP contribution in [0.15, 0.2) is 18.5 Å². The van der Waals surface area contributed by atoms with Crippen molar-refractivity contribution in [3.63, 3.8) is 0 Å². The number of pyridine rings is 1. The lowest BCUT2D eigenvalue weighted by Gasteiger charge is -2.36. The molecule has 0 spiro atoms. The van der Waals surface area contributed by atoms with Gasteiger partial charge in [0.25, 0.3) is 0 Å². The van der Waals surface area contributed by atoms with E-state index >= 15 is 0 Å². The molecule has 1 fully saturated rings. The molecule has 1 aromatic heterocycles. The monoisotopic (exact) mass is 277 g/mol. The van der Waals surface area contributed by atoms with Crippen LogP contribution in [0.3, 0.4) is 0 Å². The summed E-state index contributed by atoms with van der Waals surface area (Å²) in [4.78, 5) is 6.90. The molecule has 0 saturated carbocycles. The van der Waals surface area contributed by atoms with Crippen LogP contribution in [0.4, 0.5) is 0 Å². The Morgan fingerprint density at radius 2 is 2.30 bits per heavy atom. The average Bonchev–Trinajstić information content (AvgIpc) is 2.45. The highest BCUT2D eigenvalue weighted by Gasteiger charge is 2.21. The molecule has 0 aromatic carbocycles. The second kappa shape index (κ2) is 8.35. The van der Waals surface area contributed by atoms with Crippen molar-refractivity contribution in [1.29, 1.82) is 0 Å². The van der Waals surface area contributed by atoms with Gasteiger partial charge in [-0.15, -0.1) is 0 Å². The molecule has 0 radical (unpaired) electrons. The fraction of sp³-hybridized carbons (Fsp3) is 0.688. The Bertz CT molecular complexity index is 397. The first-order valence-electron chi connectivity index (χ1n) is 7.64. The van der Waals surface area contributed by atoms with Crippen LogP contribution in [-0.2, 0) is 11.3 Å². The number of piperidine rings is 1. The smallest absolute Gasteiger partial charge is 0.0587 e. The van der Waals surface area contributed by atoms with Crippen molar-refractivity contribution in [3.8, 4) is 0 Å². The van der Waals surface area contributed by atoms with Crippen LogP contribution in [0.2, 0.25) is 0 Å². The van der Waals surface area contributed by atoms with Crippen LogP contribution in [0.5, 0.6) is 0 Å². The number of hydrogen-bond donors (Lipinski definition) is 1. The van der Waals surface area contributed by atoms with Crippen LogP contribution in [-0.4, -0.2) is 49.3 Å². The molecular formula is C16H27N3O. The standard InChI is InChI=1S/C16H27N3O/c1-14-9-15(11-18-10-14)13-19-7-4-3-5-16(19)12-17-6-8-20-2/h9-11,16-17H,3-8,12-13H2,1-2H3. The summed E-state index contributed by atoms with van der Waals surface area (Å²) in [7, 11) is 1.75. The molecule has 0 aliphatic carbocycles. The third-order valence-electron chi connectivity index (χ3n) is 3.93. The molecule has 0 amide bonds. The maximum atomic E-state index is 5.08. The first-order valence-corrected chi connectivity index (χ1v) is 7.64. The van der Waals surface area contributed by atoms with Crippen LogP contribution < -0.4 is 5.32 Å². The molecule has 1 aliphatic rings. The molecule has 1 saturated heterocycles. The molecule has 1 unspecified atom stereocenters. The third-order valence-corrected chi connectivity index (χ3v) is 3.93. The fourth-order valence-corrected chi connectivity index (χ4v) is 2.88. The van der Waals surface area contributed by atoms with E-state index in [4.69, 9.17) is 4.74 Å². The molecular weight excluding hydrogens is 250 g/mol. The second-order valence-corrected chi connectivity index (χ2v) is 5.69. The summed E-state index contributed by atoms with van der Waals surface area (Å²) >= 11 is 0. The van der Waals surface area contributed by atoms with Crippen molar-refractivity contribution < 1.29 is 4.74 Å². The number of rotatable bonds is 7. The van der Waals surface area contributed by atoms with Crippen molar-refractivity contribution >= 4 is 0 Å². The highest BCUT2D eigenvalue weighted by molar-refractivity contribution is 5.16. The van der Waals surface area contributed by atoms with Gasteiger partial charge in [0.2, 0.25) is 0 Å². The van der Waals surface area contributed by atoms with E-state index < -0.39 is 0 Å². The zero-order valence-corrected chi connectivity index (χ0v) is 12.8. The number of nitrogens with one attached hydrogen (secondary N) is 1. The number of methoxy groups -OCH3 is 1. The molecule has 4 nitrogen and oxygen atoms in total. The van der Waals surface area contributed by atoms with Crippen LogP contribution in [0, 0.1) is 6.92 Å². The summed E-state index contributed by atoms with van der Waals surface area (Å²) in [5, 5.41) is 3.50. The van der Waals surface area contributed by atoms with Crippen LogP contribution >= 0.6 is 0 Å². The van der Waals surface area contributed by atoms with Gasteiger partial charge in [0.1, 0.15) is 0 Å². The zero-order valence-electron chi connectivity index (χ0n) is 12.8. The quantitative estimate of drug-likeness (QED) is 0.773. The number of aryl methyl sites for hydroxylation is 1. The predicted octanol–water partition coefficient (Wildman–Crippen LogP) is 1.98. The highest BCUT2D eigenvalue weighted by atomic mass is 16.5.